The number of benzene rings is 1. The Balaban J connectivity index is 1.72. The van der Waals surface area contributed by atoms with Gasteiger partial charge in [0, 0.05) is 31.0 Å². The highest BCUT2D eigenvalue weighted by molar-refractivity contribution is 5.96. The van der Waals surface area contributed by atoms with Crippen molar-refractivity contribution in [1.82, 2.24) is 5.32 Å². The maximum absolute atomic E-state index is 12.5. The van der Waals surface area contributed by atoms with Crippen LogP contribution < -0.4 is 15.5 Å². The van der Waals surface area contributed by atoms with E-state index < -0.39 is 0 Å². The first-order chi connectivity index (χ1) is 10.1. The number of carbonyl (C=O) groups is 1. The molecule has 3 rings (SSSR count). The van der Waals surface area contributed by atoms with Gasteiger partial charge in [-0.05, 0) is 63.4 Å². The second-order valence-electron chi connectivity index (χ2n) is 6.63. The van der Waals surface area contributed by atoms with E-state index in [2.05, 4.69) is 34.6 Å². The molecular weight excluding hydrogens is 262 g/mol. The second kappa shape index (κ2) is 5.68. The maximum Gasteiger partial charge on any atom is 0.231 e. The van der Waals surface area contributed by atoms with Gasteiger partial charge in [0.1, 0.15) is 0 Å². The zero-order valence-corrected chi connectivity index (χ0v) is 13.0. The first-order valence-electron chi connectivity index (χ1n) is 7.96. The molecule has 4 nitrogen and oxygen atoms in total. The molecule has 2 heterocycles. The highest BCUT2D eigenvalue weighted by Crippen LogP contribution is 2.29. The van der Waals surface area contributed by atoms with Gasteiger partial charge in [0.05, 0.1) is 5.41 Å². The third-order valence-corrected chi connectivity index (χ3v) is 4.85. The third-order valence-electron chi connectivity index (χ3n) is 4.85. The minimum absolute atomic E-state index is 0.129. The molecule has 4 heteroatoms. The van der Waals surface area contributed by atoms with E-state index in [1.54, 1.807) is 0 Å². The van der Waals surface area contributed by atoms with E-state index in [9.17, 15) is 4.79 Å². The topological polar surface area (TPSA) is 44.4 Å². The van der Waals surface area contributed by atoms with E-state index in [1.807, 2.05) is 13.0 Å². The number of nitrogens with one attached hydrogen (secondary N) is 2. The van der Waals surface area contributed by atoms with Gasteiger partial charge in [-0.25, -0.2) is 0 Å². The van der Waals surface area contributed by atoms with Crippen LogP contribution in [0.4, 0.5) is 11.4 Å². The molecule has 0 saturated carbocycles. The molecule has 21 heavy (non-hydrogen) atoms. The first kappa shape index (κ1) is 14.4. The van der Waals surface area contributed by atoms with E-state index in [4.69, 9.17) is 0 Å². The fraction of sp³-hybridized carbons (Fsp3) is 0.588. The number of anilines is 2. The average molecular weight is 287 g/mol. The normalized spacial score (nSPS) is 25.3. The van der Waals surface area contributed by atoms with Crippen molar-refractivity contribution < 1.29 is 4.79 Å². The summed E-state index contributed by atoms with van der Waals surface area (Å²) >= 11 is 0. The molecule has 2 saturated heterocycles. The molecule has 0 bridgehead atoms. The summed E-state index contributed by atoms with van der Waals surface area (Å²) in [4.78, 5) is 14.9. The van der Waals surface area contributed by atoms with Crippen LogP contribution >= 0.6 is 0 Å². The van der Waals surface area contributed by atoms with Crippen LogP contribution in [0, 0.1) is 12.3 Å². The summed E-state index contributed by atoms with van der Waals surface area (Å²) in [5, 5.41) is 6.39. The molecule has 0 aromatic heterocycles. The van der Waals surface area contributed by atoms with Crippen LogP contribution in [0.1, 0.15) is 31.7 Å². The average Bonchev–Trinajstić information content (AvgIpc) is 3.13. The van der Waals surface area contributed by atoms with Gasteiger partial charge in [-0.2, -0.15) is 0 Å². The standard InChI is InChI=1S/C17H25N3O/c1-13-11-14(20-9-3-4-10-20)5-6-15(13)19-16(21)17(2)7-8-18-12-17/h5-6,11,18H,3-4,7-10,12H2,1-2H3,(H,19,21). The van der Waals surface area contributed by atoms with E-state index in [-0.39, 0.29) is 11.3 Å². The van der Waals surface area contributed by atoms with Gasteiger partial charge in [-0.15, -0.1) is 0 Å². The van der Waals surface area contributed by atoms with Crippen LogP contribution in [0.25, 0.3) is 0 Å². The maximum atomic E-state index is 12.5. The zero-order chi connectivity index (χ0) is 14.9. The lowest BCUT2D eigenvalue weighted by molar-refractivity contribution is -0.123. The summed E-state index contributed by atoms with van der Waals surface area (Å²) < 4.78 is 0. The van der Waals surface area contributed by atoms with E-state index in [0.717, 1.165) is 43.9 Å². The van der Waals surface area contributed by atoms with Crippen LogP contribution in [0.5, 0.6) is 0 Å². The van der Waals surface area contributed by atoms with Crippen LogP contribution in [-0.2, 0) is 4.79 Å². The van der Waals surface area contributed by atoms with Gasteiger partial charge in [0.25, 0.3) is 0 Å². The fourth-order valence-corrected chi connectivity index (χ4v) is 3.24. The SMILES string of the molecule is Cc1cc(N2CCCC2)ccc1NC(=O)C1(C)CCNC1. The molecule has 0 radical (unpaired) electrons. The summed E-state index contributed by atoms with van der Waals surface area (Å²) in [6, 6.07) is 6.37. The van der Waals surface area contributed by atoms with Crippen molar-refractivity contribution in [3.8, 4) is 0 Å². The molecule has 1 aromatic rings. The van der Waals surface area contributed by atoms with Gasteiger partial charge < -0.3 is 15.5 Å². The van der Waals surface area contributed by atoms with Crippen molar-refractivity contribution in [1.29, 1.82) is 0 Å². The Morgan fingerprint density at radius 1 is 1.33 bits per heavy atom. The molecule has 114 valence electrons. The van der Waals surface area contributed by atoms with Gasteiger partial charge in [0.2, 0.25) is 5.91 Å². The van der Waals surface area contributed by atoms with Crippen molar-refractivity contribution in [3.05, 3.63) is 23.8 Å². The summed E-state index contributed by atoms with van der Waals surface area (Å²) in [7, 11) is 0. The predicted octanol–water partition coefficient (Wildman–Crippen LogP) is 2.53. The number of nitrogens with zero attached hydrogens (tertiary/aromatic N) is 1. The van der Waals surface area contributed by atoms with Gasteiger partial charge in [0.15, 0.2) is 0 Å². The molecule has 0 aliphatic carbocycles. The smallest absolute Gasteiger partial charge is 0.231 e. The molecule has 1 atom stereocenters. The second-order valence-corrected chi connectivity index (χ2v) is 6.63. The van der Waals surface area contributed by atoms with E-state index >= 15 is 0 Å². The third kappa shape index (κ3) is 2.91. The molecule has 2 aliphatic heterocycles. The molecule has 1 aromatic carbocycles. The Labute approximate surface area is 126 Å². The van der Waals surface area contributed by atoms with E-state index in [1.165, 1.54) is 18.5 Å². The van der Waals surface area contributed by atoms with Crippen molar-refractivity contribution >= 4 is 17.3 Å². The zero-order valence-electron chi connectivity index (χ0n) is 13.0. The Hall–Kier alpha value is -1.55. The van der Waals surface area contributed by atoms with Crippen molar-refractivity contribution in [2.75, 3.05) is 36.4 Å². The summed E-state index contributed by atoms with van der Waals surface area (Å²) in [5.74, 6) is 0.129. The van der Waals surface area contributed by atoms with Crippen molar-refractivity contribution in [2.45, 2.75) is 33.1 Å². The number of hydrogen-bond donors (Lipinski definition) is 2. The van der Waals surface area contributed by atoms with Crippen molar-refractivity contribution in [2.24, 2.45) is 5.41 Å². The highest BCUT2D eigenvalue weighted by Gasteiger charge is 2.36. The molecule has 2 fully saturated rings. The van der Waals surface area contributed by atoms with Gasteiger partial charge in [-0.1, -0.05) is 0 Å². The lowest BCUT2D eigenvalue weighted by Crippen LogP contribution is -2.35. The van der Waals surface area contributed by atoms with Crippen LogP contribution in [0.15, 0.2) is 18.2 Å². The van der Waals surface area contributed by atoms with E-state index in [0.29, 0.717) is 0 Å². The Morgan fingerprint density at radius 2 is 2.10 bits per heavy atom. The van der Waals surface area contributed by atoms with Crippen LogP contribution in [0.2, 0.25) is 0 Å². The van der Waals surface area contributed by atoms with Crippen LogP contribution in [0.3, 0.4) is 0 Å². The molecule has 2 aliphatic rings. The molecule has 1 unspecified atom stereocenters. The lowest BCUT2D eigenvalue weighted by Gasteiger charge is -2.23. The number of aryl methyl sites for hydroxylation is 1. The Kier molecular flexibility index (Phi) is 3.89. The van der Waals surface area contributed by atoms with Crippen molar-refractivity contribution in [3.63, 3.8) is 0 Å². The fourth-order valence-electron chi connectivity index (χ4n) is 3.24. The molecule has 1 amide bonds. The number of rotatable bonds is 3. The monoisotopic (exact) mass is 287 g/mol. The minimum atomic E-state index is -0.278. The predicted molar refractivity (Wildman–Crippen MR) is 86.8 cm³/mol. The van der Waals surface area contributed by atoms with Gasteiger partial charge >= 0.3 is 0 Å². The minimum Gasteiger partial charge on any atom is -0.372 e. The lowest BCUT2D eigenvalue weighted by atomic mass is 9.88. The summed E-state index contributed by atoms with van der Waals surface area (Å²) in [6.07, 6.45) is 3.47. The Morgan fingerprint density at radius 3 is 2.71 bits per heavy atom. The molecular formula is C17H25N3O. The molecule has 2 N–H and O–H groups in total. The Bertz CT molecular complexity index is 529. The highest BCUT2D eigenvalue weighted by atomic mass is 16.2. The first-order valence-corrected chi connectivity index (χ1v) is 7.96. The quantitative estimate of drug-likeness (QED) is 0.898. The number of hydrogen-bond acceptors (Lipinski definition) is 3. The van der Waals surface area contributed by atoms with Gasteiger partial charge in [-0.3, -0.25) is 4.79 Å². The number of carbonyl (C=O) groups excluding carboxylic acids is 1. The summed E-state index contributed by atoms with van der Waals surface area (Å²) in [6.45, 7) is 8.10. The number of amides is 1. The largest absolute Gasteiger partial charge is 0.372 e. The van der Waals surface area contributed by atoms with Crippen LogP contribution in [-0.4, -0.2) is 32.1 Å². The summed E-state index contributed by atoms with van der Waals surface area (Å²) in [5.41, 5.74) is 3.08. The molecule has 0 spiro atoms.